The molecule has 7 heteroatoms. The van der Waals surface area contributed by atoms with Crippen LogP contribution in [0, 0.1) is 0 Å². The Labute approximate surface area is 164 Å². The Hall–Kier alpha value is -1.74. The van der Waals surface area contributed by atoms with E-state index in [1.165, 1.54) is 11.8 Å². The van der Waals surface area contributed by atoms with Crippen LogP contribution in [-0.2, 0) is 16.2 Å². The van der Waals surface area contributed by atoms with Crippen LogP contribution >= 0.6 is 34.6 Å². The summed E-state index contributed by atoms with van der Waals surface area (Å²) in [5, 5.41) is -0.533. The second kappa shape index (κ2) is 8.09. The summed E-state index contributed by atoms with van der Waals surface area (Å²) in [7, 11) is 0. The molecule has 2 unspecified atom stereocenters. The normalized spacial score (nSPS) is 19.9. The van der Waals surface area contributed by atoms with Gasteiger partial charge in [0.05, 0.1) is 28.1 Å². The van der Waals surface area contributed by atoms with Crippen molar-refractivity contribution in [3.63, 3.8) is 0 Å². The maximum atomic E-state index is 12.2. The molecular formula is C18H17IN2O3S. The Morgan fingerprint density at radius 2 is 1.84 bits per heavy atom. The van der Waals surface area contributed by atoms with E-state index < -0.39 is 11.2 Å². The molecule has 2 atom stereocenters. The number of halogens is 1. The molecule has 1 fully saturated rings. The monoisotopic (exact) mass is 468 g/mol. The van der Waals surface area contributed by atoms with E-state index in [0.717, 1.165) is 16.9 Å². The molecule has 0 radical (unpaired) electrons. The average molecular weight is 468 g/mol. The Morgan fingerprint density at radius 3 is 2.48 bits per heavy atom. The molecule has 5 nitrogen and oxygen atoms in total. The van der Waals surface area contributed by atoms with E-state index in [9.17, 15) is 9.59 Å². The number of ether oxygens (including phenoxy) is 1. The van der Waals surface area contributed by atoms with Crippen LogP contribution in [-0.4, -0.2) is 20.2 Å². The Morgan fingerprint density at radius 1 is 1.16 bits per heavy atom. The zero-order valence-corrected chi connectivity index (χ0v) is 16.3. The minimum atomic E-state index is -0.457. The molecule has 2 aromatic carbocycles. The van der Waals surface area contributed by atoms with E-state index in [2.05, 4.69) is 0 Å². The molecule has 0 aromatic heterocycles. The van der Waals surface area contributed by atoms with Gasteiger partial charge in [-0.15, -0.1) is 11.8 Å². The molecule has 1 aliphatic rings. The van der Waals surface area contributed by atoms with Gasteiger partial charge in [-0.3, -0.25) is 12.7 Å². The summed E-state index contributed by atoms with van der Waals surface area (Å²) in [6.45, 7) is 0.510. The van der Waals surface area contributed by atoms with E-state index in [0.29, 0.717) is 6.61 Å². The number of nitrogens with two attached hydrogens (primary N) is 1. The van der Waals surface area contributed by atoms with Crippen molar-refractivity contribution in [3.05, 3.63) is 65.7 Å². The second-order valence-electron chi connectivity index (χ2n) is 5.64. The van der Waals surface area contributed by atoms with E-state index >= 15 is 0 Å². The van der Waals surface area contributed by atoms with Gasteiger partial charge in [0.2, 0.25) is 11.8 Å². The molecule has 1 heterocycles. The lowest BCUT2D eigenvalue weighted by Crippen LogP contribution is -2.26. The Balaban J connectivity index is 1.64. The number of nitrogens with zero attached hydrogens (tertiary/aromatic N) is 1. The van der Waals surface area contributed by atoms with Crippen LogP contribution in [0.3, 0.4) is 0 Å². The predicted octanol–water partition coefficient (Wildman–Crippen LogP) is 3.43. The van der Waals surface area contributed by atoms with Crippen molar-refractivity contribution in [3.8, 4) is 5.75 Å². The van der Waals surface area contributed by atoms with Crippen LogP contribution in [0.15, 0.2) is 54.6 Å². The van der Waals surface area contributed by atoms with Crippen LogP contribution in [0.2, 0.25) is 0 Å². The van der Waals surface area contributed by atoms with E-state index in [-0.39, 0.29) is 17.7 Å². The van der Waals surface area contributed by atoms with Gasteiger partial charge in [0.25, 0.3) is 0 Å². The maximum Gasteiger partial charge on any atom is 0.246 e. The average Bonchev–Trinajstić information content (AvgIpc) is 2.89. The number of hydrogen-bond acceptors (Lipinski definition) is 4. The molecule has 2 aromatic rings. The summed E-state index contributed by atoms with van der Waals surface area (Å²) < 4.78 is 7.42. The molecular weight excluding hydrogens is 451 g/mol. The van der Waals surface area contributed by atoms with Crippen molar-refractivity contribution < 1.29 is 14.3 Å². The van der Waals surface area contributed by atoms with E-state index in [4.69, 9.17) is 10.5 Å². The minimum absolute atomic E-state index is 0.0672. The third-order valence-corrected chi connectivity index (χ3v) is 6.63. The summed E-state index contributed by atoms with van der Waals surface area (Å²) >= 11 is 3.45. The number of carbonyl (C=O) groups excluding carboxylic acids is 2. The lowest BCUT2D eigenvalue weighted by Gasteiger charge is -2.17. The van der Waals surface area contributed by atoms with Gasteiger partial charge in [-0.05, 0) is 23.3 Å². The topological polar surface area (TPSA) is 72.6 Å². The first-order valence-electron chi connectivity index (χ1n) is 7.74. The van der Waals surface area contributed by atoms with Crippen LogP contribution in [0.25, 0.3) is 0 Å². The van der Waals surface area contributed by atoms with Gasteiger partial charge in [-0.2, -0.15) is 0 Å². The maximum absolute atomic E-state index is 12.2. The number of primary amides is 1. The third kappa shape index (κ3) is 4.46. The van der Waals surface area contributed by atoms with Gasteiger partial charge >= 0.3 is 0 Å². The van der Waals surface area contributed by atoms with Crippen molar-refractivity contribution in [1.82, 2.24) is 3.11 Å². The third-order valence-electron chi connectivity index (χ3n) is 3.79. The molecule has 2 amide bonds. The quantitative estimate of drug-likeness (QED) is 0.521. The van der Waals surface area contributed by atoms with Crippen LogP contribution < -0.4 is 10.5 Å². The zero-order chi connectivity index (χ0) is 17.8. The van der Waals surface area contributed by atoms with Crippen molar-refractivity contribution >= 4 is 46.4 Å². The first kappa shape index (κ1) is 18.1. The summed E-state index contributed by atoms with van der Waals surface area (Å²) in [5.74, 6) is 0.246. The summed E-state index contributed by atoms with van der Waals surface area (Å²) in [4.78, 5) is 23.3. The zero-order valence-electron chi connectivity index (χ0n) is 13.3. The first-order chi connectivity index (χ1) is 12.0. The molecule has 1 saturated heterocycles. The lowest BCUT2D eigenvalue weighted by atomic mass is 10.2. The lowest BCUT2D eigenvalue weighted by molar-refractivity contribution is -0.126. The summed E-state index contributed by atoms with van der Waals surface area (Å²) in [6, 6.07) is 17.7. The van der Waals surface area contributed by atoms with Crippen molar-refractivity contribution in [2.75, 3.05) is 0 Å². The highest BCUT2D eigenvalue weighted by Crippen LogP contribution is 2.46. The van der Waals surface area contributed by atoms with Crippen molar-refractivity contribution in [1.29, 1.82) is 0 Å². The number of carbonyl (C=O) groups is 2. The van der Waals surface area contributed by atoms with Gasteiger partial charge in [-0.1, -0.05) is 42.5 Å². The van der Waals surface area contributed by atoms with Crippen LogP contribution in [0.5, 0.6) is 5.75 Å². The van der Waals surface area contributed by atoms with E-state index in [1.54, 1.807) is 3.11 Å². The molecule has 25 heavy (non-hydrogen) atoms. The van der Waals surface area contributed by atoms with Gasteiger partial charge in [0.15, 0.2) is 0 Å². The van der Waals surface area contributed by atoms with Gasteiger partial charge in [-0.25, -0.2) is 0 Å². The van der Waals surface area contributed by atoms with E-state index in [1.807, 2.05) is 77.5 Å². The molecule has 130 valence electrons. The summed E-state index contributed by atoms with van der Waals surface area (Å²) in [6.07, 6.45) is 0.0672. The van der Waals surface area contributed by atoms with Gasteiger partial charge in [0, 0.05) is 6.42 Å². The molecule has 0 spiro atoms. The standard InChI is InChI=1S/C18H17IN2O3S/c19-21-17(23)15(10-16(20)22)25-18(21)13-6-8-14(9-7-13)24-11-12-4-2-1-3-5-12/h1-9,15,18H,10-11H2,(H2,20,22). The highest BCUT2D eigenvalue weighted by Gasteiger charge is 2.40. The number of amides is 2. The minimum Gasteiger partial charge on any atom is -0.489 e. The SMILES string of the molecule is NC(=O)CC1SC(c2ccc(OCc3ccccc3)cc2)N(I)C1=O. The number of hydrogen-bond donors (Lipinski definition) is 1. The number of benzene rings is 2. The number of rotatable bonds is 6. The smallest absolute Gasteiger partial charge is 0.246 e. The van der Waals surface area contributed by atoms with Crippen molar-refractivity contribution in [2.24, 2.45) is 5.73 Å². The molecule has 2 N–H and O–H groups in total. The highest BCUT2D eigenvalue weighted by atomic mass is 127. The fraction of sp³-hybridized carbons (Fsp3) is 0.222. The second-order valence-corrected chi connectivity index (χ2v) is 7.97. The molecule has 0 saturated carbocycles. The summed E-state index contributed by atoms with van der Waals surface area (Å²) in [5.41, 5.74) is 7.32. The Kier molecular flexibility index (Phi) is 5.85. The van der Waals surface area contributed by atoms with Gasteiger partial charge in [0.1, 0.15) is 17.7 Å². The Bertz CT molecular complexity index is 755. The predicted molar refractivity (Wildman–Crippen MR) is 106 cm³/mol. The molecule has 1 aliphatic heterocycles. The molecule has 0 aliphatic carbocycles. The fourth-order valence-electron chi connectivity index (χ4n) is 2.52. The van der Waals surface area contributed by atoms with Crippen LogP contribution in [0.1, 0.15) is 22.9 Å². The van der Waals surface area contributed by atoms with Crippen LogP contribution in [0.4, 0.5) is 0 Å². The van der Waals surface area contributed by atoms with Gasteiger partial charge < -0.3 is 10.5 Å². The molecule has 3 rings (SSSR count). The highest BCUT2D eigenvalue weighted by molar-refractivity contribution is 14.1. The molecule has 0 bridgehead atoms. The number of thioether (sulfide) groups is 1. The fourth-order valence-corrected chi connectivity index (χ4v) is 5.08. The first-order valence-corrected chi connectivity index (χ1v) is 9.64. The van der Waals surface area contributed by atoms with Crippen molar-refractivity contribution in [2.45, 2.75) is 23.7 Å². The largest absolute Gasteiger partial charge is 0.489 e.